The molecule has 0 aromatic heterocycles. The van der Waals surface area contributed by atoms with E-state index in [1.165, 1.54) is 27.9 Å². The molecule has 4 heteroatoms. The predicted octanol–water partition coefficient (Wildman–Crippen LogP) is 12.0. The van der Waals surface area contributed by atoms with Gasteiger partial charge in [0.2, 0.25) is 0 Å². The fourth-order valence-electron chi connectivity index (χ4n) is 7.46. The topological polar surface area (TPSA) is 30.5 Å². The van der Waals surface area contributed by atoms with E-state index in [9.17, 15) is 0 Å². The molecule has 51 heavy (non-hydrogen) atoms. The van der Waals surface area contributed by atoms with Gasteiger partial charge in [-0.15, -0.1) is 0 Å². The van der Waals surface area contributed by atoms with Crippen molar-refractivity contribution in [1.82, 2.24) is 4.90 Å². The second-order valence-corrected chi connectivity index (χ2v) is 12.9. The molecule has 5 aromatic rings. The van der Waals surface area contributed by atoms with Gasteiger partial charge in [0.25, 0.3) is 0 Å². The summed E-state index contributed by atoms with van der Waals surface area (Å²) in [5, 5.41) is 7.75. The van der Waals surface area contributed by atoms with Crippen LogP contribution in [0.25, 0.3) is 16.7 Å². The molecule has 3 aliphatic heterocycles. The molecule has 0 amide bonds. The lowest BCUT2D eigenvalue weighted by Crippen LogP contribution is -2.45. The SMILES string of the molecule is C=C1CC2/C=C\N(C3Nc4ccccc4NC3c3ccccc3)/C=C\C=C(/C1=C)c1ccccc1-c1cccc(c1C)N2c1ccccc1.CC. The Bertz CT molecular complexity index is 2120. The summed E-state index contributed by atoms with van der Waals surface area (Å²) < 4.78 is 0. The van der Waals surface area contributed by atoms with Crippen molar-refractivity contribution in [1.29, 1.82) is 0 Å². The average Bonchev–Trinajstić information content (AvgIpc) is 3.21. The molecule has 0 aliphatic carbocycles. The predicted molar refractivity (Wildman–Crippen MR) is 218 cm³/mol. The van der Waals surface area contributed by atoms with Gasteiger partial charge in [-0.3, -0.25) is 0 Å². The van der Waals surface area contributed by atoms with Crippen molar-refractivity contribution in [3.05, 3.63) is 199 Å². The van der Waals surface area contributed by atoms with Gasteiger partial charge in [0.1, 0.15) is 6.17 Å². The minimum absolute atomic E-state index is 0.0221. The van der Waals surface area contributed by atoms with Crippen LogP contribution in [-0.4, -0.2) is 17.1 Å². The number of para-hydroxylation sites is 3. The summed E-state index contributed by atoms with van der Waals surface area (Å²) in [7, 11) is 0. The van der Waals surface area contributed by atoms with Crippen molar-refractivity contribution < 1.29 is 0 Å². The Morgan fingerprint density at radius 1 is 0.647 bits per heavy atom. The zero-order chi connectivity index (χ0) is 35.3. The van der Waals surface area contributed by atoms with Crippen LogP contribution in [0.2, 0.25) is 0 Å². The van der Waals surface area contributed by atoms with E-state index >= 15 is 0 Å². The fourth-order valence-corrected chi connectivity index (χ4v) is 7.46. The van der Waals surface area contributed by atoms with E-state index in [1.54, 1.807) is 0 Å². The number of allylic oxidation sites excluding steroid dienone is 4. The molecule has 0 spiro atoms. The van der Waals surface area contributed by atoms with Crippen molar-refractivity contribution >= 4 is 28.3 Å². The van der Waals surface area contributed by atoms with Gasteiger partial charge in [-0.25, -0.2) is 0 Å². The van der Waals surface area contributed by atoms with Gasteiger partial charge in [-0.1, -0.05) is 130 Å². The van der Waals surface area contributed by atoms with Crippen LogP contribution in [0.4, 0.5) is 22.7 Å². The Morgan fingerprint density at radius 2 is 1.27 bits per heavy atom. The number of nitrogens with one attached hydrogen (secondary N) is 2. The fraction of sp³-hybridized carbons (Fsp3) is 0.149. The molecule has 3 atom stereocenters. The zero-order valence-corrected chi connectivity index (χ0v) is 29.8. The molecule has 0 saturated carbocycles. The van der Waals surface area contributed by atoms with Gasteiger partial charge >= 0.3 is 0 Å². The van der Waals surface area contributed by atoms with Crippen LogP contribution in [0.5, 0.6) is 0 Å². The molecule has 0 fully saturated rings. The van der Waals surface area contributed by atoms with Crippen molar-refractivity contribution in [2.75, 3.05) is 15.5 Å². The third-order valence-electron chi connectivity index (χ3n) is 9.98. The molecule has 254 valence electrons. The molecular formula is C47H46N4. The van der Waals surface area contributed by atoms with Crippen LogP contribution >= 0.6 is 0 Å². The lowest BCUT2D eigenvalue weighted by atomic mass is 9.86. The van der Waals surface area contributed by atoms with Crippen molar-refractivity contribution in [3.63, 3.8) is 0 Å². The Labute approximate surface area is 303 Å². The molecule has 3 heterocycles. The van der Waals surface area contributed by atoms with Crippen LogP contribution in [0.3, 0.4) is 0 Å². The molecule has 4 nitrogen and oxygen atoms in total. The molecule has 0 saturated heterocycles. The van der Waals surface area contributed by atoms with E-state index in [4.69, 9.17) is 0 Å². The number of hydrogen-bond acceptors (Lipinski definition) is 4. The first-order valence-electron chi connectivity index (χ1n) is 18.0. The van der Waals surface area contributed by atoms with Gasteiger partial charge in [0.15, 0.2) is 0 Å². The highest BCUT2D eigenvalue weighted by Gasteiger charge is 2.33. The van der Waals surface area contributed by atoms with E-state index in [2.05, 4.69) is 199 Å². The molecule has 2 N–H and O–H groups in total. The normalized spacial score (nSPS) is 21.5. The van der Waals surface area contributed by atoms with Crippen LogP contribution in [0, 0.1) is 6.92 Å². The van der Waals surface area contributed by atoms with Crippen LogP contribution in [0.1, 0.15) is 43.0 Å². The highest BCUT2D eigenvalue weighted by Crippen LogP contribution is 2.44. The molecule has 4 bridgehead atoms. The quantitative estimate of drug-likeness (QED) is 0.201. The summed E-state index contributed by atoms with van der Waals surface area (Å²) in [6, 6.07) is 45.1. The number of fused-ring (bicyclic) bond motifs is 10. The lowest BCUT2D eigenvalue weighted by molar-refractivity contribution is 0.354. The standard InChI is InChI=1S/C45H40N4.C2H6/c1-31-30-36-27-29-48(45-44(34-16-6-4-7-17-34)46-41-24-12-13-25-42(41)47-45)28-15-23-37(32(31)2)39-20-10-11-21-40(39)38-22-14-26-43(33(38)3)49(36)35-18-8-5-9-19-35;1-2/h4-29,36,44-47H,1-2,30H2,3H3;1-2H3/b28-15-,29-27-,37-23+;. The summed E-state index contributed by atoms with van der Waals surface area (Å²) >= 11 is 0. The second kappa shape index (κ2) is 14.9. The maximum atomic E-state index is 4.68. The van der Waals surface area contributed by atoms with Crippen molar-refractivity contribution in [2.24, 2.45) is 0 Å². The number of rotatable bonds is 3. The first-order valence-corrected chi connectivity index (χ1v) is 18.0. The minimum atomic E-state index is -0.120. The number of anilines is 4. The largest absolute Gasteiger partial charge is 0.373 e. The lowest BCUT2D eigenvalue weighted by Gasteiger charge is -2.41. The monoisotopic (exact) mass is 666 g/mol. The van der Waals surface area contributed by atoms with Crippen molar-refractivity contribution in [3.8, 4) is 11.1 Å². The maximum absolute atomic E-state index is 4.68. The van der Waals surface area contributed by atoms with Gasteiger partial charge in [0, 0.05) is 23.8 Å². The molecule has 0 radical (unpaired) electrons. The van der Waals surface area contributed by atoms with E-state index < -0.39 is 0 Å². The summed E-state index contributed by atoms with van der Waals surface area (Å²) in [6.07, 6.45) is 11.7. The van der Waals surface area contributed by atoms with E-state index in [-0.39, 0.29) is 18.2 Å². The first kappa shape index (κ1) is 33.5. The smallest absolute Gasteiger partial charge is 0.127 e. The van der Waals surface area contributed by atoms with Crippen LogP contribution < -0.4 is 15.5 Å². The zero-order valence-electron chi connectivity index (χ0n) is 29.8. The molecular weight excluding hydrogens is 621 g/mol. The van der Waals surface area contributed by atoms with Gasteiger partial charge in [-0.2, -0.15) is 0 Å². The Kier molecular flexibility index (Phi) is 9.76. The average molecular weight is 667 g/mol. The Hall–Kier alpha value is -6.00. The van der Waals surface area contributed by atoms with Gasteiger partial charge in [-0.05, 0) is 100 Å². The summed E-state index contributed by atoms with van der Waals surface area (Å²) in [4.78, 5) is 4.78. The van der Waals surface area contributed by atoms with Crippen LogP contribution in [-0.2, 0) is 0 Å². The number of benzene rings is 5. The van der Waals surface area contributed by atoms with Gasteiger partial charge < -0.3 is 20.4 Å². The summed E-state index contributed by atoms with van der Waals surface area (Å²) in [5.74, 6) is 0. The highest BCUT2D eigenvalue weighted by molar-refractivity contribution is 5.93. The molecule has 3 aliphatic rings. The number of hydrogen-bond donors (Lipinski definition) is 2. The van der Waals surface area contributed by atoms with Gasteiger partial charge in [0.05, 0.1) is 23.5 Å². The molecule has 8 rings (SSSR count). The van der Waals surface area contributed by atoms with E-state index in [0.717, 1.165) is 39.3 Å². The molecule has 3 unspecified atom stereocenters. The van der Waals surface area contributed by atoms with E-state index in [1.807, 2.05) is 13.8 Å². The first-order chi connectivity index (χ1) is 25.1. The Balaban J connectivity index is 0.00000200. The third kappa shape index (κ3) is 6.53. The van der Waals surface area contributed by atoms with Crippen LogP contribution in [0.15, 0.2) is 182 Å². The summed E-state index contributed by atoms with van der Waals surface area (Å²) in [5.41, 5.74) is 13.5. The number of nitrogens with zero attached hydrogens (tertiary/aromatic N) is 2. The van der Waals surface area contributed by atoms with E-state index in [0.29, 0.717) is 6.42 Å². The highest BCUT2D eigenvalue weighted by atomic mass is 15.3. The third-order valence-corrected chi connectivity index (χ3v) is 9.98. The maximum Gasteiger partial charge on any atom is 0.127 e. The molecule has 5 aromatic carbocycles. The second-order valence-electron chi connectivity index (χ2n) is 12.9. The summed E-state index contributed by atoms with van der Waals surface area (Å²) in [6.45, 7) is 15.6. The minimum Gasteiger partial charge on any atom is -0.373 e. The van der Waals surface area contributed by atoms with Crippen molar-refractivity contribution in [2.45, 2.75) is 45.4 Å². The Morgan fingerprint density at radius 3 is 2.02 bits per heavy atom.